The molecule has 1 N–H and O–H groups in total. The highest BCUT2D eigenvalue weighted by Gasteiger charge is 2.22. The Morgan fingerprint density at radius 2 is 2.00 bits per heavy atom. The van der Waals surface area contributed by atoms with Crippen molar-refractivity contribution in [3.05, 3.63) is 59.7 Å². The summed E-state index contributed by atoms with van der Waals surface area (Å²) in [4.78, 5) is 28.1. The van der Waals surface area contributed by atoms with E-state index in [0.717, 1.165) is 17.0 Å². The zero-order valence-corrected chi connectivity index (χ0v) is 16.6. The van der Waals surface area contributed by atoms with Crippen LogP contribution in [0.15, 0.2) is 48.5 Å². The van der Waals surface area contributed by atoms with Crippen LogP contribution < -0.4 is 15.0 Å². The maximum absolute atomic E-state index is 12.9. The van der Waals surface area contributed by atoms with Gasteiger partial charge in [-0.1, -0.05) is 38.1 Å². The van der Waals surface area contributed by atoms with E-state index in [4.69, 9.17) is 4.74 Å². The van der Waals surface area contributed by atoms with Crippen LogP contribution in [0.3, 0.4) is 0 Å². The number of amides is 3. The standard InChI is InChI=1S/C22H27N3O3/c1-16(2)15-28-20-10-5-4-7-18(20)14-24(3)21(26)17-8-6-9-19(13-17)25-12-11-23-22(25)27/h4-10,13,16H,11-12,14-15H2,1-3H3,(H,23,27). The summed E-state index contributed by atoms with van der Waals surface area (Å²) < 4.78 is 5.89. The minimum atomic E-state index is -0.130. The number of urea groups is 1. The van der Waals surface area contributed by atoms with Gasteiger partial charge in [0, 0.05) is 43.5 Å². The Morgan fingerprint density at radius 3 is 2.71 bits per heavy atom. The Hall–Kier alpha value is -3.02. The first kappa shape index (κ1) is 19.7. The van der Waals surface area contributed by atoms with Crippen LogP contribution >= 0.6 is 0 Å². The largest absolute Gasteiger partial charge is 0.493 e. The highest BCUT2D eigenvalue weighted by molar-refractivity contribution is 5.98. The van der Waals surface area contributed by atoms with Crippen molar-refractivity contribution in [1.29, 1.82) is 0 Å². The molecular weight excluding hydrogens is 354 g/mol. The van der Waals surface area contributed by atoms with Gasteiger partial charge in [-0.2, -0.15) is 0 Å². The van der Waals surface area contributed by atoms with Crippen LogP contribution in [-0.4, -0.2) is 43.6 Å². The molecular formula is C22H27N3O3. The lowest BCUT2D eigenvalue weighted by Crippen LogP contribution is -2.29. The number of rotatable bonds is 7. The minimum absolute atomic E-state index is 0.0971. The van der Waals surface area contributed by atoms with Gasteiger partial charge in [0.25, 0.3) is 5.91 Å². The fourth-order valence-corrected chi connectivity index (χ4v) is 3.10. The average molecular weight is 381 g/mol. The first-order chi connectivity index (χ1) is 13.5. The number of nitrogens with zero attached hydrogens (tertiary/aromatic N) is 2. The number of benzene rings is 2. The van der Waals surface area contributed by atoms with Crippen LogP contribution in [-0.2, 0) is 6.54 Å². The Kier molecular flexibility index (Phi) is 6.19. The third-order valence-corrected chi connectivity index (χ3v) is 4.56. The van der Waals surface area contributed by atoms with Gasteiger partial charge in [-0.3, -0.25) is 9.69 Å². The van der Waals surface area contributed by atoms with Crippen molar-refractivity contribution >= 4 is 17.6 Å². The van der Waals surface area contributed by atoms with Gasteiger partial charge in [0.1, 0.15) is 5.75 Å². The zero-order chi connectivity index (χ0) is 20.1. The first-order valence-corrected chi connectivity index (χ1v) is 9.57. The van der Waals surface area contributed by atoms with Crippen LogP contribution in [0.2, 0.25) is 0 Å². The van der Waals surface area contributed by atoms with Crippen molar-refractivity contribution < 1.29 is 14.3 Å². The van der Waals surface area contributed by atoms with Gasteiger partial charge < -0.3 is 15.0 Å². The third kappa shape index (κ3) is 4.63. The second kappa shape index (κ2) is 8.78. The van der Waals surface area contributed by atoms with Crippen LogP contribution in [0, 0.1) is 5.92 Å². The molecule has 1 saturated heterocycles. The number of nitrogens with one attached hydrogen (secondary N) is 1. The van der Waals surface area contributed by atoms with Gasteiger partial charge in [-0.25, -0.2) is 4.79 Å². The average Bonchev–Trinajstić information content (AvgIpc) is 3.12. The van der Waals surface area contributed by atoms with E-state index in [1.54, 1.807) is 29.0 Å². The number of carbonyl (C=O) groups is 2. The number of para-hydroxylation sites is 1. The lowest BCUT2D eigenvalue weighted by Gasteiger charge is -2.21. The molecule has 3 amide bonds. The molecule has 6 nitrogen and oxygen atoms in total. The van der Waals surface area contributed by atoms with E-state index in [1.165, 1.54) is 0 Å². The maximum atomic E-state index is 12.9. The SMILES string of the molecule is CC(C)COc1ccccc1CN(C)C(=O)c1cccc(N2CCNC2=O)c1. The molecule has 1 aliphatic heterocycles. The topological polar surface area (TPSA) is 61.9 Å². The fraction of sp³-hybridized carbons (Fsp3) is 0.364. The normalized spacial score (nSPS) is 13.6. The lowest BCUT2D eigenvalue weighted by molar-refractivity contribution is 0.0783. The number of carbonyl (C=O) groups excluding carboxylic acids is 2. The summed E-state index contributed by atoms with van der Waals surface area (Å²) in [6.07, 6.45) is 0. The van der Waals surface area contributed by atoms with Crippen molar-refractivity contribution in [2.75, 3.05) is 31.6 Å². The quantitative estimate of drug-likeness (QED) is 0.798. The van der Waals surface area contributed by atoms with Crippen molar-refractivity contribution in [2.45, 2.75) is 20.4 Å². The Labute approximate surface area is 166 Å². The number of anilines is 1. The van der Waals surface area contributed by atoms with Gasteiger partial charge >= 0.3 is 6.03 Å². The lowest BCUT2D eigenvalue weighted by atomic mass is 10.1. The molecule has 1 heterocycles. The van der Waals surface area contributed by atoms with Gasteiger partial charge in [-0.15, -0.1) is 0 Å². The van der Waals surface area contributed by atoms with E-state index in [2.05, 4.69) is 19.2 Å². The molecule has 0 saturated carbocycles. The summed E-state index contributed by atoms with van der Waals surface area (Å²) in [7, 11) is 1.77. The van der Waals surface area contributed by atoms with E-state index < -0.39 is 0 Å². The summed E-state index contributed by atoms with van der Waals surface area (Å²) in [6.45, 7) is 6.50. The van der Waals surface area contributed by atoms with Crippen LogP contribution in [0.25, 0.3) is 0 Å². The Morgan fingerprint density at radius 1 is 1.21 bits per heavy atom. The Bertz CT molecular complexity index is 850. The number of hydrogen-bond donors (Lipinski definition) is 1. The van der Waals surface area contributed by atoms with E-state index in [-0.39, 0.29) is 11.9 Å². The van der Waals surface area contributed by atoms with Gasteiger partial charge in [0.2, 0.25) is 0 Å². The van der Waals surface area contributed by atoms with E-state index >= 15 is 0 Å². The molecule has 0 radical (unpaired) electrons. The molecule has 2 aromatic rings. The molecule has 0 aliphatic carbocycles. The predicted molar refractivity (Wildman–Crippen MR) is 110 cm³/mol. The van der Waals surface area contributed by atoms with E-state index in [9.17, 15) is 9.59 Å². The van der Waals surface area contributed by atoms with Gasteiger partial charge in [0.05, 0.1) is 6.61 Å². The molecule has 148 valence electrons. The van der Waals surface area contributed by atoms with Crippen molar-refractivity contribution in [3.8, 4) is 5.75 Å². The first-order valence-electron chi connectivity index (χ1n) is 9.57. The molecule has 3 rings (SSSR count). The number of hydrogen-bond acceptors (Lipinski definition) is 3. The smallest absolute Gasteiger partial charge is 0.321 e. The second-order valence-electron chi connectivity index (χ2n) is 7.41. The highest BCUT2D eigenvalue weighted by atomic mass is 16.5. The van der Waals surface area contributed by atoms with E-state index in [1.807, 2.05) is 36.4 Å². The summed E-state index contributed by atoms with van der Waals surface area (Å²) in [5.41, 5.74) is 2.25. The number of ether oxygens (including phenoxy) is 1. The zero-order valence-electron chi connectivity index (χ0n) is 16.6. The van der Waals surface area contributed by atoms with Crippen molar-refractivity contribution in [2.24, 2.45) is 5.92 Å². The monoisotopic (exact) mass is 381 g/mol. The van der Waals surface area contributed by atoms with Crippen molar-refractivity contribution in [1.82, 2.24) is 10.2 Å². The van der Waals surface area contributed by atoms with Crippen LogP contribution in [0.1, 0.15) is 29.8 Å². The molecule has 0 bridgehead atoms. The second-order valence-corrected chi connectivity index (χ2v) is 7.41. The molecule has 0 atom stereocenters. The predicted octanol–water partition coefficient (Wildman–Crippen LogP) is 3.52. The molecule has 0 aromatic heterocycles. The molecule has 6 heteroatoms. The Balaban J connectivity index is 1.72. The van der Waals surface area contributed by atoms with Gasteiger partial charge in [-0.05, 0) is 30.2 Å². The third-order valence-electron chi connectivity index (χ3n) is 4.56. The van der Waals surface area contributed by atoms with Crippen LogP contribution in [0.4, 0.5) is 10.5 Å². The molecule has 1 aliphatic rings. The maximum Gasteiger partial charge on any atom is 0.321 e. The molecule has 0 unspecified atom stereocenters. The van der Waals surface area contributed by atoms with Gasteiger partial charge in [0.15, 0.2) is 0 Å². The fourth-order valence-electron chi connectivity index (χ4n) is 3.10. The minimum Gasteiger partial charge on any atom is -0.493 e. The van der Waals surface area contributed by atoms with Crippen molar-refractivity contribution in [3.63, 3.8) is 0 Å². The molecule has 1 fully saturated rings. The summed E-state index contributed by atoms with van der Waals surface area (Å²) in [5, 5.41) is 2.78. The summed E-state index contributed by atoms with van der Waals surface area (Å²) in [6, 6.07) is 14.9. The highest BCUT2D eigenvalue weighted by Crippen LogP contribution is 2.22. The molecule has 2 aromatic carbocycles. The summed E-state index contributed by atoms with van der Waals surface area (Å²) in [5.74, 6) is 1.14. The summed E-state index contributed by atoms with van der Waals surface area (Å²) >= 11 is 0. The van der Waals surface area contributed by atoms with Crippen LogP contribution in [0.5, 0.6) is 5.75 Å². The molecule has 28 heavy (non-hydrogen) atoms. The van der Waals surface area contributed by atoms with E-state index in [0.29, 0.717) is 37.7 Å². The molecule has 0 spiro atoms.